The molecule has 0 aromatic carbocycles. The van der Waals surface area contributed by atoms with Gasteiger partial charge in [-0.2, -0.15) is 5.10 Å². The Labute approximate surface area is 93.3 Å². The predicted molar refractivity (Wildman–Crippen MR) is 57.0 cm³/mol. The highest BCUT2D eigenvalue weighted by molar-refractivity contribution is 5.92. The fourth-order valence-electron chi connectivity index (χ4n) is 1.33. The lowest BCUT2D eigenvalue weighted by Gasteiger charge is -2.23. The summed E-state index contributed by atoms with van der Waals surface area (Å²) in [6.45, 7) is 3.31. The number of rotatable bonds is 4. The van der Waals surface area contributed by atoms with Crippen LogP contribution in [0.5, 0.6) is 0 Å². The van der Waals surface area contributed by atoms with Gasteiger partial charge in [0.15, 0.2) is 0 Å². The largest absolute Gasteiger partial charge is 0.481 e. The summed E-state index contributed by atoms with van der Waals surface area (Å²) in [4.78, 5) is 22.2. The molecule has 88 valence electrons. The molecule has 0 spiro atoms. The van der Waals surface area contributed by atoms with E-state index in [9.17, 15) is 9.59 Å². The number of carbonyl (C=O) groups excluding carboxylic acids is 1. The summed E-state index contributed by atoms with van der Waals surface area (Å²) in [6, 6.07) is 1.58. The maximum Gasteiger partial charge on any atom is 0.305 e. The van der Waals surface area contributed by atoms with Gasteiger partial charge in [0.05, 0.1) is 6.42 Å². The van der Waals surface area contributed by atoms with E-state index in [-0.39, 0.29) is 18.0 Å². The number of carboxylic acids is 1. The van der Waals surface area contributed by atoms with Gasteiger partial charge in [-0.15, -0.1) is 0 Å². The number of aryl methyl sites for hydroxylation is 1. The van der Waals surface area contributed by atoms with Crippen LogP contribution in [0.2, 0.25) is 0 Å². The van der Waals surface area contributed by atoms with Crippen molar-refractivity contribution in [2.24, 2.45) is 7.05 Å². The van der Waals surface area contributed by atoms with Crippen molar-refractivity contribution in [2.45, 2.75) is 25.8 Å². The van der Waals surface area contributed by atoms with Gasteiger partial charge in [-0.1, -0.05) is 0 Å². The summed E-state index contributed by atoms with van der Waals surface area (Å²) >= 11 is 0. The fraction of sp³-hybridized carbons (Fsp3) is 0.500. The zero-order valence-electron chi connectivity index (χ0n) is 9.52. The SMILES string of the molecule is Cn1ccc(C(=O)NC(C)(C)CC(=O)O)n1. The third-order valence-electron chi connectivity index (χ3n) is 1.99. The number of hydrogen-bond donors (Lipinski definition) is 2. The number of nitrogens with one attached hydrogen (secondary N) is 1. The van der Waals surface area contributed by atoms with Crippen LogP contribution in [0, 0.1) is 0 Å². The number of carboxylic acid groups (broad SMARTS) is 1. The van der Waals surface area contributed by atoms with E-state index in [2.05, 4.69) is 10.4 Å². The minimum Gasteiger partial charge on any atom is -0.481 e. The molecule has 0 radical (unpaired) electrons. The fourth-order valence-corrected chi connectivity index (χ4v) is 1.33. The smallest absolute Gasteiger partial charge is 0.305 e. The highest BCUT2D eigenvalue weighted by Gasteiger charge is 2.25. The van der Waals surface area contributed by atoms with Crippen LogP contribution < -0.4 is 5.32 Å². The summed E-state index contributed by atoms with van der Waals surface area (Å²) < 4.78 is 1.51. The van der Waals surface area contributed by atoms with Crippen molar-refractivity contribution in [1.82, 2.24) is 15.1 Å². The lowest BCUT2D eigenvalue weighted by atomic mass is 10.0. The van der Waals surface area contributed by atoms with Crippen LogP contribution >= 0.6 is 0 Å². The Morgan fingerprint density at radius 1 is 1.56 bits per heavy atom. The molecule has 16 heavy (non-hydrogen) atoms. The predicted octanol–water partition coefficient (Wildman–Crippen LogP) is 0.403. The van der Waals surface area contributed by atoms with Crippen molar-refractivity contribution < 1.29 is 14.7 Å². The first-order valence-corrected chi connectivity index (χ1v) is 4.84. The van der Waals surface area contributed by atoms with Gasteiger partial charge in [0.2, 0.25) is 0 Å². The van der Waals surface area contributed by atoms with E-state index in [1.807, 2.05) is 0 Å². The Balaban J connectivity index is 2.67. The molecule has 0 fully saturated rings. The molecular weight excluding hydrogens is 210 g/mol. The maximum absolute atomic E-state index is 11.7. The van der Waals surface area contributed by atoms with Gasteiger partial charge in [-0.25, -0.2) is 0 Å². The molecular formula is C10H15N3O3. The molecule has 1 aromatic heterocycles. The van der Waals surface area contributed by atoms with Crippen molar-refractivity contribution >= 4 is 11.9 Å². The zero-order valence-corrected chi connectivity index (χ0v) is 9.52. The van der Waals surface area contributed by atoms with Crippen molar-refractivity contribution in [2.75, 3.05) is 0 Å². The van der Waals surface area contributed by atoms with E-state index in [0.29, 0.717) is 0 Å². The average Bonchev–Trinajstić information content (AvgIpc) is 2.47. The van der Waals surface area contributed by atoms with Gasteiger partial charge in [-0.3, -0.25) is 14.3 Å². The van der Waals surface area contributed by atoms with Gasteiger partial charge < -0.3 is 10.4 Å². The molecule has 0 saturated carbocycles. The zero-order chi connectivity index (χ0) is 12.3. The van der Waals surface area contributed by atoms with Crippen LogP contribution in [-0.2, 0) is 11.8 Å². The first-order chi connectivity index (χ1) is 7.30. The van der Waals surface area contributed by atoms with Gasteiger partial charge in [-0.05, 0) is 19.9 Å². The van der Waals surface area contributed by atoms with E-state index in [0.717, 1.165) is 0 Å². The quantitative estimate of drug-likeness (QED) is 0.777. The summed E-state index contributed by atoms with van der Waals surface area (Å²) in [5, 5.41) is 15.2. The molecule has 0 aliphatic heterocycles. The summed E-state index contributed by atoms with van der Waals surface area (Å²) in [6.07, 6.45) is 1.52. The van der Waals surface area contributed by atoms with Crippen LogP contribution in [0.4, 0.5) is 0 Å². The molecule has 0 atom stereocenters. The summed E-state index contributed by atoms with van der Waals surface area (Å²) in [7, 11) is 1.71. The normalized spacial score (nSPS) is 11.2. The second-order valence-corrected chi connectivity index (χ2v) is 4.28. The van der Waals surface area contributed by atoms with Crippen molar-refractivity contribution in [1.29, 1.82) is 0 Å². The van der Waals surface area contributed by atoms with Crippen molar-refractivity contribution in [3.8, 4) is 0 Å². The Bertz CT molecular complexity index is 409. The molecule has 1 aromatic rings. The molecule has 0 bridgehead atoms. The molecule has 0 aliphatic rings. The highest BCUT2D eigenvalue weighted by atomic mass is 16.4. The molecule has 0 aliphatic carbocycles. The third kappa shape index (κ3) is 3.38. The average molecular weight is 225 g/mol. The van der Waals surface area contributed by atoms with Crippen LogP contribution in [0.15, 0.2) is 12.3 Å². The van der Waals surface area contributed by atoms with Crippen LogP contribution in [0.3, 0.4) is 0 Å². The lowest BCUT2D eigenvalue weighted by molar-refractivity contribution is -0.138. The first-order valence-electron chi connectivity index (χ1n) is 4.84. The molecule has 0 unspecified atom stereocenters. The van der Waals surface area contributed by atoms with Crippen molar-refractivity contribution in [3.63, 3.8) is 0 Å². The maximum atomic E-state index is 11.7. The molecule has 6 nitrogen and oxygen atoms in total. The molecule has 1 amide bonds. The minimum atomic E-state index is -0.952. The van der Waals surface area contributed by atoms with E-state index >= 15 is 0 Å². The Kier molecular flexibility index (Phi) is 3.31. The second kappa shape index (κ2) is 4.34. The van der Waals surface area contributed by atoms with E-state index in [1.54, 1.807) is 33.2 Å². The number of hydrogen-bond acceptors (Lipinski definition) is 3. The lowest BCUT2D eigenvalue weighted by Crippen LogP contribution is -2.45. The Morgan fingerprint density at radius 2 is 2.19 bits per heavy atom. The van der Waals surface area contributed by atoms with E-state index in [1.165, 1.54) is 4.68 Å². The Morgan fingerprint density at radius 3 is 2.62 bits per heavy atom. The molecule has 1 heterocycles. The number of nitrogens with zero attached hydrogens (tertiary/aromatic N) is 2. The van der Waals surface area contributed by atoms with Gasteiger partial charge >= 0.3 is 5.97 Å². The van der Waals surface area contributed by atoms with Gasteiger partial charge in [0.25, 0.3) is 5.91 Å². The standard InChI is InChI=1S/C10H15N3O3/c1-10(2,6-8(14)15)11-9(16)7-4-5-13(3)12-7/h4-5H,6H2,1-3H3,(H,11,16)(H,14,15). The number of amides is 1. The minimum absolute atomic E-state index is 0.133. The summed E-state index contributed by atoms with van der Waals surface area (Å²) in [5.41, 5.74) is -0.513. The topological polar surface area (TPSA) is 84.2 Å². The molecule has 2 N–H and O–H groups in total. The van der Waals surface area contributed by atoms with E-state index in [4.69, 9.17) is 5.11 Å². The van der Waals surface area contributed by atoms with Crippen LogP contribution in [0.25, 0.3) is 0 Å². The molecule has 6 heteroatoms. The Hall–Kier alpha value is -1.85. The molecule has 1 rings (SSSR count). The second-order valence-electron chi connectivity index (χ2n) is 4.28. The monoisotopic (exact) mass is 225 g/mol. The van der Waals surface area contributed by atoms with Crippen LogP contribution in [0.1, 0.15) is 30.8 Å². The molecule has 0 saturated heterocycles. The van der Waals surface area contributed by atoms with Crippen LogP contribution in [-0.4, -0.2) is 32.3 Å². The third-order valence-corrected chi connectivity index (χ3v) is 1.99. The van der Waals surface area contributed by atoms with Gasteiger partial charge in [0, 0.05) is 18.8 Å². The summed E-state index contributed by atoms with van der Waals surface area (Å²) in [5.74, 6) is -1.32. The van der Waals surface area contributed by atoms with Crippen molar-refractivity contribution in [3.05, 3.63) is 18.0 Å². The van der Waals surface area contributed by atoms with E-state index < -0.39 is 11.5 Å². The number of carbonyl (C=O) groups is 2. The van der Waals surface area contributed by atoms with Gasteiger partial charge in [0.1, 0.15) is 5.69 Å². The first kappa shape index (κ1) is 12.2. The number of aromatic nitrogens is 2. The number of aliphatic carboxylic acids is 1. The highest BCUT2D eigenvalue weighted by Crippen LogP contribution is 2.09.